The van der Waals surface area contributed by atoms with Crippen LogP contribution in [0.5, 0.6) is 0 Å². The van der Waals surface area contributed by atoms with E-state index < -0.39 is 5.97 Å². The molecule has 1 unspecified atom stereocenters. The number of pyridine rings is 1. The van der Waals surface area contributed by atoms with Gasteiger partial charge in [-0.3, -0.25) is 4.40 Å². The molecule has 2 aromatic rings. The van der Waals surface area contributed by atoms with Crippen LogP contribution in [-0.2, 0) is 11.2 Å². The van der Waals surface area contributed by atoms with Gasteiger partial charge in [0, 0.05) is 12.6 Å². The van der Waals surface area contributed by atoms with E-state index in [9.17, 15) is 4.79 Å². The molecule has 0 saturated carbocycles. The molecule has 0 bridgehead atoms. The van der Waals surface area contributed by atoms with Crippen molar-refractivity contribution < 1.29 is 9.53 Å². The maximum atomic E-state index is 11.7. The molecule has 2 rings (SSSR count). The predicted octanol–water partition coefficient (Wildman–Crippen LogP) is 3.39. The van der Waals surface area contributed by atoms with Crippen LogP contribution in [0.1, 0.15) is 43.9 Å². The van der Waals surface area contributed by atoms with Crippen molar-refractivity contribution in [3.63, 3.8) is 0 Å². The molecule has 5 nitrogen and oxygen atoms in total. The second-order valence-corrected chi connectivity index (χ2v) is 6.76. The van der Waals surface area contributed by atoms with E-state index in [1.54, 1.807) is 16.7 Å². The Morgan fingerprint density at radius 2 is 2.10 bits per heavy atom. The molecule has 0 radical (unpaired) electrons. The second-order valence-electron chi connectivity index (χ2n) is 6.35. The number of fused-ring (bicyclic) bond motifs is 1. The fourth-order valence-electron chi connectivity index (χ4n) is 1.95. The molecular weight excluding hydrogens is 290 g/mol. The molecule has 0 aliphatic carbocycles. The Labute approximate surface area is 129 Å². The summed E-state index contributed by atoms with van der Waals surface area (Å²) < 4.78 is 6.51. The number of hydrogen-bond donors (Lipinski definition) is 0. The molecule has 2 aromatic heterocycles. The van der Waals surface area contributed by atoms with Crippen molar-refractivity contribution >= 4 is 23.2 Å². The van der Waals surface area contributed by atoms with E-state index in [2.05, 4.69) is 37.9 Å². The number of halogens is 1. The average Bonchev–Trinajstić information content (AvgIpc) is 2.80. The van der Waals surface area contributed by atoms with E-state index in [4.69, 9.17) is 16.3 Å². The smallest absolute Gasteiger partial charge is 0.339 e. The minimum absolute atomic E-state index is 0.162. The molecule has 6 heteroatoms. The first-order chi connectivity index (χ1) is 9.74. The number of methoxy groups -OCH3 is 1. The van der Waals surface area contributed by atoms with E-state index in [1.165, 1.54) is 7.11 Å². The Bertz CT molecular complexity index is 673. The van der Waals surface area contributed by atoms with Gasteiger partial charge in [-0.05, 0) is 17.4 Å². The molecule has 21 heavy (non-hydrogen) atoms. The third-order valence-electron chi connectivity index (χ3n) is 3.92. The number of hydrogen-bond acceptors (Lipinski definition) is 4. The SMILES string of the molecule is COC(=O)c1cc(Cl)c2nnc(CC(C)C(C)(C)C)n2c1. The third kappa shape index (κ3) is 3.18. The zero-order valence-corrected chi connectivity index (χ0v) is 13.7. The molecule has 0 amide bonds. The highest BCUT2D eigenvalue weighted by Crippen LogP contribution is 2.29. The van der Waals surface area contributed by atoms with Crippen molar-refractivity contribution in [3.8, 4) is 0 Å². The molecule has 0 fully saturated rings. The Hall–Kier alpha value is -1.62. The van der Waals surface area contributed by atoms with Gasteiger partial charge in [-0.15, -0.1) is 10.2 Å². The summed E-state index contributed by atoms with van der Waals surface area (Å²) in [7, 11) is 1.34. The fraction of sp³-hybridized carbons (Fsp3) is 0.533. The fourth-order valence-corrected chi connectivity index (χ4v) is 2.19. The first-order valence-electron chi connectivity index (χ1n) is 6.85. The Kier molecular flexibility index (Phi) is 4.23. The molecule has 0 aliphatic rings. The van der Waals surface area contributed by atoms with Crippen LogP contribution in [-0.4, -0.2) is 27.7 Å². The van der Waals surface area contributed by atoms with Gasteiger partial charge in [-0.1, -0.05) is 39.3 Å². The van der Waals surface area contributed by atoms with E-state index >= 15 is 0 Å². The van der Waals surface area contributed by atoms with E-state index in [1.807, 2.05) is 0 Å². The summed E-state index contributed by atoms with van der Waals surface area (Å²) >= 11 is 6.17. The van der Waals surface area contributed by atoms with E-state index in [-0.39, 0.29) is 5.41 Å². The summed E-state index contributed by atoms with van der Waals surface area (Å²) in [6.07, 6.45) is 2.43. The number of rotatable bonds is 3. The number of nitrogens with zero attached hydrogens (tertiary/aromatic N) is 3. The van der Waals surface area contributed by atoms with Crippen molar-refractivity contribution in [1.82, 2.24) is 14.6 Å². The standard InChI is InChI=1S/C15H20ClN3O2/c1-9(15(2,3)4)6-12-17-18-13-11(16)7-10(8-19(12)13)14(20)21-5/h7-9H,6H2,1-5H3. The Balaban J connectivity index is 2.46. The maximum absolute atomic E-state index is 11.7. The highest BCUT2D eigenvalue weighted by molar-refractivity contribution is 6.33. The summed E-state index contributed by atoms with van der Waals surface area (Å²) in [5.41, 5.74) is 1.11. The molecular formula is C15H20ClN3O2. The minimum Gasteiger partial charge on any atom is -0.465 e. The molecule has 114 valence electrons. The van der Waals surface area contributed by atoms with Crippen LogP contribution in [0.15, 0.2) is 12.3 Å². The lowest BCUT2D eigenvalue weighted by Gasteiger charge is -2.26. The van der Waals surface area contributed by atoms with Crippen LogP contribution in [0.4, 0.5) is 0 Å². The number of carbonyl (C=O) groups is 1. The van der Waals surface area contributed by atoms with Crippen LogP contribution in [0, 0.1) is 11.3 Å². The third-order valence-corrected chi connectivity index (χ3v) is 4.20. The van der Waals surface area contributed by atoms with Crippen molar-refractivity contribution in [2.45, 2.75) is 34.1 Å². The predicted molar refractivity (Wildman–Crippen MR) is 81.7 cm³/mol. The molecule has 0 aliphatic heterocycles. The zero-order valence-electron chi connectivity index (χ0n) is 13.0. The van der Waals surface area contributed by atoms with Gasteiger partial charge in [0.05, 0.1) is 17.7 Å². The molecule has 1 atom stereocenters. The molecule has 0 saturated heterocycles. The Morgan fingerprint density at radius 3 is 2.67 bits per heavy atom. The lowest BCUT2D eigenvalue weighted by atomic mass is 9.80. The van der Waals surface area contributed by atoms with Gasteiger partial charge in [0.2, 0.25) is 0 Å². The summed E-state index contributed by atoms with van der Waals surface area (Å²) in [5, 5.41) is 8.71. The molecule has 0 aromatic carbocycles. The molecule has 0 spiro atoms. The van der Waals surface area contributed by atoms with Crippen molar-refractivity contribution in [2.24, 2.45) is 11.3 Å². The topological polar surface area (TPSA) is 56.5 Å². The first-order valence-corrected chi connectivity index (χ1v) is 7.23. The maximum Gasteiger partial charge on any atom is 0.339 e. The summed E-state index contributed by atoms with van der Waals surface area (Å²) in [5.74, 6) is 0.771. The van der Waals surface area contributed by atoms with Gasteiger partial charge in [-0.25, -0.2) is 4.79 Å². The summed E-state index contributed by atoms with van der Waals surface area (Å²) in [6, 6.07) is 1.55. The number of esters is 1. The first kappa shape index (κ1) is 15.8. The van der Waals surface area contributed by atoms with Crippen LogP contribution >= 0.6 is 11.6 Å². The van der Waals surface area contributed by atoms with Gasteiger partial charge in [0.1, 0.15) is 5.82 Å². The van der Waals surface area contributed by atoms with Gasteiger partial charge < -0.3 is 4.74 Å². The Morgan fingerprint density at radius 1 is 1.43 bits per heavy atom. The summed E-state index contributed by atoms with van der Waals surface area (Å²) in [4.78, 5) is 11.7. The molecule has 0 N–H and O–H groups in total. The van der Waals surface area contributed by atoms with Crippen molar-refractivity contribution in [2.75, 3.05) is 7.11 Å². The number of ether oxygens (including phenoxy) is 1. The van der Waals surface area contributed by atoms with Crippen LogP contribution in [0.3, 0.4) is 0 Å². The van der Waals surface area contributed by atoms with Crippen LogP contribution in [0.2, 0.25) is 5.02 Å². The zero-order chi connectivity index (χ0) is 15.8. The van der Waals surface area contributed by atoms with E-state index in [0.717, 1.165) is 12.2 Å². The minimum atomic E-state index is -0.428. The number of aromatic nitrogens is 3. The monoisotopic (exact) mass is 309 g/mol. The van der Waals surface area contributed by atoms with Gasteiger partial charge >= 0.3 is 5.97 Å². The van der Waals surface area contributed by atoms with Crippen LogP contribution in [0.25, 0.3) is 5.65 Å². The van der Waals surface area contributed by atoms with Crippen molar-refractivity contribution in [3.05, 3.63) is 28.7 Å². The highest BCUT2D eigenvalue weighted by Gasteiger charge is 2.23. The van der Waals surface area contributed by atoms with Crippen molar-refractivity contribution in [1.29, 1.82) is 0 Å². The van der Waals surface area contributed by atoms with Gasteiger partial charge in [0.25, 0.3) is 0 Å². The average molecular weight is 310 g/mol. The number of carbonyl (C=O) groups excluding carboxylic acids is 1. The second kappa shape index (κ2) is 5.64. The molecule has 2 heterocycles. The van der Waals surface area contributed by atoms with E-state index in [0.29, 0.717) is 22.2 Å². The van der Waals surface area contributed by atoms with Gasteiger partial charge in [0.15, 0.2) is 5.65 Å². The normalized spacial score (nSPS) is 13.4. The van der Waals surface area contributed by atoms with Crippen LogP contribution < -0.4 is 0 Å². The van der Waals surface area contributed by atoms with Gasteiger partial charge in [-0.2, -0.15) is 0 Å². The lowest BCUT2D eigenvalue weighted by Crippen LogP contribution is -2.20. The quantitative estimate of drug-likeness (QED) is 0.815. The lowest BCUT2D eigenvalue weighted by molar-refractivity contribution is 0.0600. The summed E-state index contributed by atoms with van der Waals surface area (Å²) in [6.45, 7) is 8.74. The highest BCUT2D eigenvalue weighted by atomic mass is 35.5. The largest absolute Gasteiger partial charge is 0.465 e.